The van der Waals surface area contributed by atoms with E-state index in [0.717, 1.165) is 6.07 Å². The molecule has 0 aliphatic rings. The predicted molar refractivity (Wildman–Crippen MR) is 57.6 cm³/mol. The Hall–Kier alpha value is -2.15. The summed E-state index contributed by atoms with van der Waals surface area (Å²) in [6.07, 6.45) is 0. The normalized spacial score (nSPS) is 9.81. The minimum Gasteiger partial charge on any atom is -0.478 e. The van der Waals surface area contributed by atoms with Gasteiger partial charge in [0.1, 0.15) is 5.69 Å². The van der Waals surface area contributed by atoms with Gasteiger partial charge in [-0.1, -0.05) is 0 Å². The summed E-state index contributed by atoms with van der Waals surface area (Å²) in [4.78, 5) is 20.7. The van der Waals surface area contributed by atoms with Gasteiger partial charge in [0, 0.05) is 19.2 Å². The van der Waals surface area contributed by atoms with Gasteiger partial charge in [-0.2, -0.15) is 0 Å². The Kier molecular flexibility index (Phi) is 3.78. The highest BCUT2D eigenvalue weighted by atomic mass is 16.6. The van der Waals surface area contributed by atoms with Crippen LogP contribution < -0.4 is 11.1 Å². The lowest BCUT2D eigenvalue weighted by atomic mass is 10.1. The van der Waals surface area contributed by atoms with Crippen LogP contribution >= 0.6 is 0 Å². The van der Waals surface area contributed by atoms with E-state index in [1.54, 1.807) is 0 Å². The SMILES string of the molecule is NCCNc1ccc(C(=O)O)cc1[N+](=O)[O-]. The van der Waals surface area contributed by atoms with Crippen LogP contribution in [-0.4, -0.2) is 29.1 Å². The first kappa shape index (κ1) is 11.9. The Morgan fingerprint density at radius 3 is 2.75 bits per heavy atom. The maximum atomic E-state index is 10.7. The third-order valence-corrected chi connectivity index (χ3v) is 1.90. The third-order valence-electron chi connectivity index (χ3n) is 1.90. The van der Waals surface area contributed by atoms with Crippen LogP contribution in [0.5, 0.6) is 0 Å². The second-order valence-electron chi connectivity index (χ2n) is 3.01. The van der Waals surface area contributed by atoms with E-state index in [1.165, 1.54) is 12.1 Å². The van der Waals surface area contributed by atoms with Gasteiger partial charge in [-0.25, -0.2) is 4.79 Å². The molecule has 0 amide bonds. The van der Waals surface area contributed by atoms with Gasteiger partial charge in [-0.15, -0.1) is 0 Å². The number of nitrogens with one attached hydrogen (secondary N) is 1. The number of rotatable bonds is 5. The summed E-state index contributed by atoms with van der Waals surface area (Å²) in [5, 5.41) is 22.1. The van der Waals surface area contributed by atoms with Crippen molar-refractivity contribution in [3.8, 4) is 0 Å². The summed E-state index contributed by atoms with van der Waals surface area (Å²) < 4.78 is 0. The van der Waals surface area contributed by atoms with Crippen LogP contribution in [0.3, 0.4) is 0 Å². The summed E-state index contributed by atoms with van der Waals surface area (Å²) in [7, 11) is 0. The summed E-state index contributed by atoms with van der Waals surface area (Å²) in [6.45, 7) is 0.713. The lowest BCUT2D eigenvalue weighted by molar-refractivity contribution is -0.384. The molecule has 0 atom stereocenters. The molecule has 0 saturated carbocycles. The highest BCUT2D eigenvalue weighted by Crippen LogP contribution is 2.25. The number of carboxylic acid groups (broad SMARTS) is 1. The van der Waals surface area contributed by atoms with E-state index < -0.39 is 10.9 Å². The van der Waals surface area contributed by atoms with Gasteiger partial charge in [0.15, 0.2) is 0 Å². The number of hydrogen-bond donors (Lipinski definition) is 3. The molecule has 4 N–H and O–H groups in total. The number of carbonyl (C=O) groups is 1. The molecule has 16 heavy (non-hydrogen) atoms. The molecule has 0 radical (unpaired) electrons. The molecule has 0 aliphatic heterocycles. The number of aromatic carboxylic acids is 1. The Labute approximate surface area is 91.0 Å². The Morgan fingerprint density at radius 1 is 1.56 bits per heavy atom. The summed E-state index contributed by atoms with van der Waals surface area (Å²) >= 11 is 0. The molecule has 1 aromatic rings. The zero-order valence-corrected chi connectivity index (χ0v) is 8.34. The monoisotopic (exact) mass is 225 g/mol. The van der Waals surface area contributed by atoms with E-state index in [2.05, 4.69) is 5.32 Å². The van der Waals surface area contributed by atoms with E-state index in [-0.39, 0.29) is 16.9 Å². The van der Waals surface area contributed by atoms with E-state index in [0.29, 0.717) is 13.1 Å². The molecule has 1 rings (SSSR count). The Balaban J connectivity index is 3.09. The molecule has 7 heteroatoms. The molecule has 0 saturated heterocycles. The number of nitrogens with two attached hydrogens (primary N) is 1. The van der Waals surface area contributed by atoms with Crippen molar-refractivity contribution in [1.29, 1.82) is 0 Å². The fourth-order valence-corrected chi connectivity index (χ4v) is 1.17. The van der Waals surface area contributed by atoms with Gasteiger partial charge >= 0.3 is 5.97 Å². The molecule has 7 nitrogen and oxygen atoms in total. The first-order chi connectivity index (χ1) is 7.56. The van der Waals surface area contributed by atoms with Crippen molar-refractivity contribution in [2.24, 2.45) is 5.73 Å². The predicted octanol–water partition coefficient (Wildman–Crippen LogP) is 0.664. The van der Waals surface area contributed by atoms with Crippen molar-refractivity contribution in [2.75, 3.05) is 18.4 Å². The highest BCUT2D eigenvalue weighted by molar-refractivity contribution is 5.89. The van der Waals surface area contributed by atoms with E-state index in [1.807, 2.05) is 0 Å². The average Bonchev–Trinajstić information content (AvgIpc) is 2.25. The number of benzene rings is 1. The minimum atomic E-state index is -1.20. The maximum Gasteiger partial charge on any atom is 0.335 e. The van der Waals surface area contributed by atoms with Crippen molar-refractivity contribution < 1.29 is 14.8 Å². The van der Waals surface area contributed by atoms with Crippen LogP contribution in [-0.2, 0) is 0 Å². The standard InChI is InChI=1S/C9H11N3O4/c10-3-4-11-7-2-1-6(9(13)14)5-8(7)12(15)16/h1-2,5,11H,3-4,10H2,(H,13,14). The van der Waals surface area contributed by atoms with E-state index in [4.69, 9.17) is 10.8 Å². The van der Waals surface area contributed by atoms with Crippen LogP contribution in [0, 0.1) is 10.1 Å². The molecule has 0 bridgehead atoms. The van der Waals surface area contributed by atoms with Gasteiger partial charge < -0.3 is 16.2 Å². The number of hydrogen-bond acceptors (Lipinski definition) is 5. The quantitative estimate of drug-likeness (QED) is 0.500. The summed E-state index contributed by atoms with van der Waals surface area (Å²) in [5.74, 6) is -1.20. The first-order valence-corrected chi connectivity index (χ1v) is 4.52. The summed E-state index contributed by atoms with van der Waals surface area (Å²) in [6, 6.07) is 3.67. The second-order valence-corrected chi connectivity index (χ2v) is 3.01. The number of carboxylic acids is 1. The van der Waals surface area contributed by atoms with Crippen LogP contribution in [0.15, 0.2) is 18.2 Å². The van der Waals surface area contributed by atoms with Crippen molar-refractivity contribution in [2.45, 2.75) is 0 Å². The lowest BCUT2D eigenvalue weighted by Crippen LogP contribution is -2.14. The molecule has 0 fully saturated rings. The fourth-order valence-electron chi connectivity index (χ4n) is 1.17. The highest BCUT2D eigenvalue weighted by Gasteiger charge is 2.16. The van der Waals surface area contributed by atoms with Crippen molar-refractivity contribution in [3.63, 3.8) is 0 Å². The molecule has 0 heterocycles. The van der Waals surface area contributed by atoms with Gasteiger partial charge in [0.2, 0.25) is 0 Å². The number of nitro groups is 1. The van der Waals surface area contributed by atoms with E-state index >= 15 is 0 Å². The van der Waals surface area contributed by atoms with Gasteiger partial charge in [-0.05, 0) is 12.1 Å². The second kappa shape index (κ2) is 5.08. The molecule has 0 spiro atoms. The van der Waals surface area contributed by atoms with Gasteiger partial charge in [0.05, 0.1) is 10.5 Å². The average molecular weight is 225 g/mol. The largest absolute Gasteiger partial charge is 0.478 e. The Bertz CT molecular complexity index is 419. The number of anilines is 1. The van der Waals surface area contributed by atoms with Crippen molar-refractivity contribution in [3.05, 3.63) is 33.9 Å². The number of nitro benzene ring substituents is 1. The zero-order valence-electron chi connectivity index (χ0n) is 8.34. The van der Waals surface area contributed by atoms with Crippen LogP contribution in [0.1, 0.15) is 10.4 Å². The molecular formula is C9H11N3O4. The molecular weight excluding hydrogens is 214 g/mol. The fraction of sp³-hybridized carbons (Fsp3) is 0.222. The van der Waals surface area contributed by atoms with Gasteiger partial charge in [0.25, 0.3) is 5.69 Å². The molecule has 86 valence electrons. The topological polar surface area (TPSA) is 118 Å². The molecule has 0 aromatic heterocycles. The smallest absolute Gasteiger partial charge is 0.335 e. The van der Waals surface area contributed by atoms with Gasteiger partial charge in [-0.3, -0.25) is 10.1 Å². The van der Waals surface area contributed by atoms with Crippen LogP contribution in [0.2, 0.25) is 0 Å². The number of nitrogens with zero attached hydrogens (tertiary/aromatic N) is 1. The van der Waals surface area contributed by atoms with Crippen LogP contribution in [0.25, 0.3) is 0 Å². The first-order valence-electron chi connectivity index (χ1n) is 4.52. The molecule has 0 aliphatic carbocycles. The third kappa shape index (κ3) is 2.67. The van der Waals surface area contributed by atoms with Crippen molar-refractivity contribution in [1.82, 2.24) is 0 Å². The zero-order chi connectivity index (χ0) is 12.1. The van der Waals surface area contributed by atoms with Crippen LogP contribution in [0.4, 0.5) is 11.4 Å². The maximum absolute atomic E-state index is 10.7. The lowest BCUT2D eigenvalue weighted by Gasteiger charge is -2.05. The summed E-state index contributed by atoms with van der Waals surface area (Å²) in [5.41, 5.74) is 5.13. The molecule has 1 aromatic carbocycles. The van der Waals surface area contributed by atoms with Crippen molar-refractivity contribution >= 4 is 17.3 Å². The molecule has 0 unspecified atom stereocenters. The van der Waals surface area contributed by atoms with E-state index in [9.17, 15) is 14.9 Å². The Morgan fingerprint density at radius 2 is 2.25 bits per heavy atom. The minimum absolute atomic E-state index is 0.120.